The predicted octanol–water partition coefficient (Wildman–Crippen LogP) is 3.67. The van der Waals surface area contributed by atoms with Crippen LogP contribution in [0.2, 0.25) is 4.34 Å². The van der Waals surface area contributed by atoms with Crippen LogP contribution in [-0.2, 0) is 11.2 Å². The Kier molecular flexibility index (Phi) is 4.64. The molecule has 7 heteroatoms. The van der Waals surface area contributed by atoms with Gasteiger partial charge in [-0.3, -0.25) is 4.79 Å². The van der Waals surface area contributed by atoms with Gasteiger partial charge in [0.25, 0.3) is 0 Å². The fraction of sp³-hybridized carbons (Fsp3) is 0.529. The third-order valence-corrected chi connectivity index (χ3v) is 7.47. The molecule has 2 aromatic rings. The molecule has 1 amide bonds. The van der Waals surface area contributed by atoms with E-state index in [0.29, 0.717) is 11.8 Å². The summed E-state index contributed by atoms with van der Waals surface area (Å²) in [5.41, 5.74) is 1.32. The molecular formula is C17H20ClN3OS2. The molecule has 1 N–H and O–H groups in total. The Labute approximate surface area is 154 Å². The molecule has 2 aliphatic rings. The van der Waals surface area contributed by atoms with Gasteiger partial charge in [0, 0.05) is 25.0 Å². The lowest BCUT2D eigenvalue weighted by molar-refractivity contribution is -0.132. The molecule has 2 fully saturated rings. The molecule has 0 saturated carbocycles. The summed E-state index contributed by atoms with van der Waals surface area (Å²) in [6, 6.07) is 3.87. The van der Waals surface area contributed by atoms with Crippen molar-refractivity contribution in [2.45, 2.75) is 25.7 Å². The van der Waals surface area contributed by atoms with Crippen LogP contribution in [-0.4, -0.2) is 42.0 Å². The van der Waals surface area contributed by atoms with Crippen LogP contribution in [0.1, 0.15) is 25.0 Å². The highest BCUT2D eigenvalue weighted by molar-refractivity contribution is 7.23. The minimum Gasteiger partial charge on any atom is -0.342 e. The quantitative estimate of drug-likeness (QED) is 0.882. The normalized spacial score (nSPS) is 20.0. The SMILES string of the molecule is O=C(Cc1csc(-c2ccc(Cl)s2)n1)N1CCC2(CCNC2)CC1. The Bertz CT molecular complexity index is 726. The lowest BCUT2D eigenvalue weighted by Gasteiger charge is -2.38. The standard InChI is InChI=1S/C17H20ClN3OS2/c18-14-2-1-13(24-14)16-20-12(10-23-16)9-15(22)21-7-4-17(5-8-21)3-6-19-11-17/h1-2,10,19H,3-9,11H2. The van der Waals surface area contributed by atoms with Crippen molar-refractivity contribution in [1.29, 1.82) is 0 Å². The Hall–Kier alpha value is -0.950. The van der Waals surface area contributed by atoms with Crippen molar-refractivity contribution >= 4 is 40.2 Å². The summed E-state index contributed by atoms with van der Waals surface area (Å²) >= 11 is 9.09. The summed E-state index contributed by atoms with van der Waals surface area (Å²) in [5.74, 6) is 0.205. The summed E-state index contributed by atoms with van der Waals surface area (Å²) in [6.07, 6.45) is 3.91. The monoisotopic (exact) mass is 381 g/mol. The van der Waals surface area contributed by atoms with Crippen LogP contribution >= 0.6 is 34.3 Å². The number of carbonyl (C=O) groups is 1. The van der Waals surface area contributed by atoms with Gasteiger partial charge in [-0.05, 0) is 43.4 Å². The summed E-state index contributed by atoms with van der Waals surface area (Å²) in [4.78, 5) is 20.3. The van der Waals surface area contributed by atoms with Gasteiger partial charge in [-0.1, -0.05) is 11.6 Å². The molecule has 0 aromatic carbocycles. The van der Waals surface area contributed by atoms with Gasteiger partial charge < -0.3 is 10.2 Å². The number of halogens is 1. The Morgan fingerprint density at radius 3 is 2.83 bits per heavy atom. The number of hydrogen-bond acceptors (Lipinski definition) is 5. The number of rotatable bonds is 3. The Balaban J connectivity index is 1.36. The van der Waals surface area contributed by atoms with Crippen LogP contribution in [0.15, 0.2) is 17.5 Å². The molecule has 128 valence electrons. The molecule has 24 heavy (non-hydrogen) atoms. The van der Waals surface area contributed by atoms with Crippen molar-refractivity contribution in [3.63, 3.8) is 0 Å². The molecule has 0 unspecified atom stereocenters. The molecule has 1 spiro atoms. The van der Waals surface area contributed by atoms with Gasteiger partial charge in [-0.2, -0.15) is 0 Å². The van der Waals surface area contributed by atoms with E-state index in [-0.39, 0.29) is 5.91 Å². The van der Waals surface area contributed by atoms with E-state index in [1.54, 1.807) is 11.3 Å². The minimum atomic E-state index is 0.205. The summed E-state index contributed by atoms with van der Waals surface area (Å²) < 4.78 is 0.765. The van der Waals surface area contributed by atoms with Gasteiger partial charge in [0.2, 0.25) is 5.91 Å². The Morgan fingerprint density at radius 2 is 2.17 bits per heavy atom. The van der Waals surface area contributed by atoms with Gasteiger partial charge >= 0.3 is 0 Å². The number of likely N-dealkylation sites (tertiary alicyclic amines) is 1. The number of amides is 1. The van der Waals surface area contributed by atoms with E-state index in [2.05, 4.69) is 10.3 Å². The average molecular weight is 382 g/mol. The van der Waals surface area contributed by atoms with E-state index in [0.717, 1.165) is 58.9 Å². The number of carbonyl (C=O) groups excluding carboxylic acids is 1. The molecule has 2 aromatic heterocycles. The lowest BCUT2D eigenvalue weighted by atomic mass is 9.78. The van der Waals surface area contributed by atoms with E-state index in [4.69, 9.17) is 11.6 Å². The average Bonchev–Trinajstić information content (AvgIpc) is 3.30. The predicted molar refractivity (Wildman–Crippen MR) is 99.9 cm³/mol. The Morgan fingerprint density at radius 1 is 1.33 bits per heavy atom. The lowest BCUT2D eigenvalue weighted by Crippen LogP contribution is -2.44. The zero-order valence-corrected chi connectivity index (χ0v) is 15.8. The van der Waals surface area contributed by atoms with Gasteiger partial charge in [0.05, 0.1) is 21.3 Å². The van der Waals surface area contributed by atoms with Crippen molar-refractivity contribution in [1.82, 2.24) is 15.2 Å². The highest BCUT2D eigenvalue weighted by atomic mass is 35.5. The number of hydrogen-bond donors (Lipinski definition) is 1. The zero-order chi connectivity index (χ0) is 16.6. The fourth-order valence-electron chi connectivity index (χ4n) is 3.65. The first-order chi connectivity index (χ1) is 11.6. The van der Waals surface area contributed by atoms with Gasteiger partial charge in [0.15, 0.2) is 0 Å². The van der Waals surface area contributed by atoms with Crippen LogP contribution in [0.4, 0.5) is 0 Å². The van der Waals surface area contributed by atoms with Crippen LogP contribution in [0.25, 0.3) is 9.88 Å². The van der Waals surface area contributed by atoms with E-state index >= 15 is 0 Å². The van der Waals surface area contributed by atoms with Crippen molar-refractivity contribution in [2.75, 3.05) is 26.2 Å². The number of nitrogens with one attached hydrogen (secondary N) is 1. The van der Waals surface area contributed by atoms with E-state index in [9.17, 15) is 4.79 Å². The molecule has 4 rings (SSSR count). The molecular weight excluding hydrogens is 362 g/mol. The summed E-state index contributed by atoms with van der Waals surface area (Å²) in [6.45, 7) is 4.02. The van der Waals surface area contributed by atoms with Crippen LogP contribution in [0.5, 0.6) is 0 Å². The molecule has 4 heterocycles. The minimum absolute atomic E-state index is 0.205. The maximum Gasteiger partial charge on any atom is 0.228 e. The number of thiophene rings is 1. The highest BCUT2D eigenvalue weighted by Gasteiger charge is 2.37. The molecule has 2 saturated heterocycles. The second-order valence-corrected chi connectivity index (χ2v) is 9.31. The number of thiazole rings is 1. The smallest absolute Gasteiger partial charge is 0.228 e. The van der Waals surface area contributed by atoms with Gasteiger partial charge in [-0.15, -0.1) is 22.7 Å². The van der Waals surface area contributed by atoms with Gasteiger partial charge in [-0.25, -0.2) is 4.98 Å². The largest absolute Gasteiger partial charge is 0.342 e. The molecule has 0 atom stereocenters. The first kappa shape index (κ1) is 16.5. The number of nitrogens with zero attached hydrogens (tertiary/aromatic N) is 2. The maximum atomic E-state index is 12.6. The molecule has 4 nitrogen and oxygen atoms in total. The third kappa shape index (κ3) is 3.38. The van der Waals surface area contributed by atoms with Crippen LogP contribution in [0.3, 0.4) is 0 Å². The third-order valence-electron chi connectivity index (χ3n) is 5.18. The van der Waals surface area contributed by atoms with Crippen molar-refractivity contribution < 1.29 is 4.79 Å². The zero-order valence-electron chi connectivity index (χ0n) is 13.4. The van der Waals surface area contributed by atoms with E-state index in [1.807, 2.05) is 22.4 Å². The maximum absolute atomic E-state index is 12.6. The molecule has 0 bridgehead atoms. The first-order valence-corrected chi connectivity index (χ1v) is 10.4. The number of piperidine rings is 1. The topological polar surface area (TPSA) is 45.2 Å². The van der Waals surface area contributed by atoms with Crippen molar-refractivity contribution in [3.05, 3.63) is 27.5 Å². The summed E-state index contributed by atoms with van der Waals surface area (Å²) in [7, 11) is 0. The fourth-order valence-corrected chi connectivity index (χ4v) is 5.58. The van der Waals surface area contributed by atoms with E-state index in [1.165, 1.54) is 17.8 Å². The first-order valence-electron chi connectivity index (χ1n) is 8.32. The highest BCUT2D eigenvalue weighted by Crippen LogP contribution is 2.37. The molecule has 0 radical (unpaired) electrons. The van der Waals surface area contributed by atoms with E-state index < -0.39 is 0 Å². The van der Waals surface area contributed by atoms with Crippen LogP contribution in [0, 0.1) is 5.41 Å². The van der Waals surface area contributed by atoms with Crippen molar-refractivity contribution in [2.24, 2.45) is 5.41 Å². The van der Waals surface area contributed by atoms with Gasteiger partial charge in [0.1, 0.15) is 5.01 Å². The number of aromatic nitrogens is 1. The molecule has 0 aliphatic carbocycles. The second-order valence-electron chi connectivity index (χ2n) is 6.73. The van der Waals surface area contributed by atoms with Crippen molar-refractivity contribution in [3.8, 4) is 9.88 Å². The second kappa shape index (κ2) is 6.75. The van der Waals surface area contributed by atoms with Crippen LogP contribution < -0.4 is 5.32 Å². The summed E-state index contributed by atoms with van der Waals surface area (Å²) in [5, 5.41) is 6.41. The molecule has 2 aliphatic heterocycles.